The molecule has 2 aromatic heterocycles. The second-order valence-electron chi connectivity index (χ2n) is 8.55. The molecule has 0 amide bonds. The highest BCUT2D eigenvalue weighted by atomic mass is 32.2. The quantitative estimate of drug-likeness (QED) is 0.270. The number of aromatic nitrogens is 1. The summed E-state index contributed by atoms with van der Waals surface area (Å²) < 4.78 is 26.5. The molecule has 3 heterocycles. The third-order valence-electron chi connectivity index (χ3n) is 6.39. The average molecular weight is 521 g/mol. The number of fused-ring (bicyclic) bond motifs is 1. The lowest BCUT2D eigenvalue weighted by Crippen LogP contribution is -2.46. The van der Waals surface area contributed by atoms with Crippen molar-refractivity contribution in [3.8, 4) is 5.75 Å². The van der Waals surface area contributed by atoms with Crippen LogP contribution in [0.2, 0.25) is 0 Å². The van der Waals surface area contributed by atoms with Gasteiger partial charge in [0.05, 0.1) is 29.1 Å². The van der Waals surface area contributed by atoms with Crippen molar-refractivity contribution < 1.29 is 28.9 Å². The van der Waals surface area contributed by atoms with Gasteiger partial charge in [0.25, 0.3) is 0 Å². The monoisotopic (exact) mass is 520 g/mol. The first-order valence-electron chi connectivity index (χ1n) is 11.5. The first-order chi connectivity index (χ1) is 16.9. The standard InChI is InChI=1S/C25H29FN2O5S2/c1-32-17-5-6-20-18(13-17)24(19(26)14-27-20)21(29)7-4-16-8-9-28(15-22(16)33-25(30)31)10-12-35-23-3-2-11-34-23/h2-3,5-6,11,13-14,16,21-22,29H,4,7-10,12,15H2,1H3,(H,30,31)/t16?,21-,22?/m1/s1. The lowest BCUT2D eigenvalue weighted by atomic mass is 9.87. The van der Waals surface area contributed by atoms with Gasteiger partial charge < -0.3 is 19.7 Å². The van der Waals surface area contributed by atoms with Crippen LogP contribution >= 0.6 is 23.1 Å². The first kappa shape index (κ1) is 25.7. The van der Waals surface area contributed by atoms with Crippen LogP contribution in [0.1, 0.15) is 30.9 Å². The van der Waals surface area contributed by atoms with Crippen LogP contribution < -0.4 is 4.74 Å². The number of carbonyl (C=O) groups is 1. The SMILES string of the molecule is COc1ccc2ncc(F)c([C@H](O)CCC3CCN(CCSc4cccs4)CC3OC(=O)O)c2c1. The smallest absolute Gasteiger partial charge is 0.497 e. The number of hydrogen-bond acceptors (Lipinski definition) is 8. The Morgan fingerprint density at radius 1 is 1.40 bits per heavy atom. The van der Waals surface area contributed by atoms with Crippen molar-refractivity contribution in [1.82, 2.24) is 9.88 Å². The van der Waals surface area contributed by atoms with Crippen molar-refractivity contribution in [2.75, 3.05) is 32.5 Å². The van der Waals surface area contributed by atoms with Crippen LogP contribution in [0.4, 0.5) is 9.18 Å². The molecule has 3 atom stereocenters. The van der Waals surface area contributed by atoms with Gasteiger partial charge in [-0.25, -0.2) is 9.18 Å². The van der Waals surface area contributed by atoms with Crippen molar-refractivity contribution in [2.45, 2.75) is 35.7 Å². The van der Waals surface area contributed by atoms with E-state index in [9.17, 15) is 19.4 Å². The first-order valence-corrected chi connectivity index (χ1v) is 13.4. The van der Waals surface area contributed by atoms with Crippen LogP contribution in [0.15, 0.2) is 46.1 Å². The molecule has 2 unspecified atom stereocenters. The van der Waals surface area contributed by atoms with Crippen LogP contribution in [0.3, 0.4) is 0 Å². The fraction of sp³-hybridized carbons (Fsp3) is 0.440. The molecule has 0 radical (unpaired) electrons. The summed E-state index contributed by atoms with van der Waals surface area (Å²) in [5.74, 6) is 0.849. The minimum atomic E-state index is -1.30. The summed E-state index contributed by atoms with van der Waals surface area (Å²) in [5.41, 5.74) is 0.759. The summed E-state index contributed by atoms with van der Waals surface area (Å²) >= 11 is 3.50. The number of carboxylic acid groups (broad SMARTS) is 1. The highest BCUT2D eigenvalue weighted by Gasteiger charge is 2.33. The molecule has 1 aliphatic heterocycles. The normalized spacial score (nSPS) is 19.5. The van der Waals surface area contributed by atoms with E-state index in [0.29, 0.717) is 29.6 Å². The molecule has 0 spiro atoms. The van der Waals surface area contributed by atoms with Gasteiger partial charge in [-0.05, 0) is 61.4 Å². The van der Waals surface area contributed by atoms with Crippen LogP contribution in [0.5, 0.6) is 5.75 Å². The Morgan fingerprint density at radius 3 is 3.00 bits per heavy atom. The van der Waals surface area contributed by atoms with Gasteiger partial charge in [-0.2, -0.15) is 0 Å². The highest BCUT2D eigenvalue weighted by Crippen LogP contribution is 2.34. The predicted octanol–water partition coefficient (Wildman–Crippen LogP) is 5.44. The second-order valence-corrected chi connectivity index (χ2v) is 10.9. The van der Waals surface area contributed by atoms with Crippen molar-refractivity contribution in [3.05, 3.63) is 53.3 Å². The van der Waals surface area contributed by atoms with Gasteiger partial charge in [0.1, 0.15) is 17.7 Å². The Kier molecular flexibility index (Phi) is 8.83. The average Bonchev–Trinajstić information content (AvgIpc) is 3.36. The molecule has 0 saturated carbocycles. The number of pyridine rings is 1. The predicted molar refractivity (Wildman–Crippen MR) is 135 cm³/mol. The van der Waals surface area contributed by atoms with Crippen LogP contribution in [0.25, 0.3) is 10.9 Å². The fourth-order valence-electron chi connectivity index (χ4n) is 4.60. The van der Waals surface area contributed by atoms with Gasteiger partial charge in [0, 0.05) is 29.8 Å². The van der Waals surface area contributed by atoms with E-state index in [0.717, 1.165) is 31.5 Å². The lowest BCUT2D eigenvalue weighted by molar-refractivity contribution is -0.0224. The molecule has 1 aromatic carbocycles. The highest BCUT2D eigenvalue weighted by molar-refractivity contribution is 8.01. The number of ether oxygens (including phenoxy) is 2. The van der Waals surface area contributed by atoms with Crippen LogP contribution in [0, 0.1) is 11.7 Å². The van der Waals surface area contributed by atoms with E-state index in [1.807, 2.05) is 6.07 Å². The van der Waals surface area contributed by atoms with Gasteiger partial charge in [0.15, 0.2) is 0 Å². The van der Waals surface area contributed by atoms with Crippen molar-refractivity contribution in [3.63, 3.8) is 0 Å². The summed E-state index contributed by atoms with van der Waals surface area (Å²) in [7, 11) is 1.53. The van der Waals surface area contributed by atoms with E-state index in [1.165, 1.54) is 11.3 Å². The van der Waals surface area contributed by atoms with Gasteiger partial charge in [-0.1, -0.05) is 6.07 Å². The fourth-order valence-corrected chi connectivity index (χ4v) is 6.46. The van der Waals surface area contributed by atoms with Gasteiger partial charge in [-0.15, -0.1) is 23.1 Å². The number of nitrogens with zero attached hydrogens (tertiary/aromatic N) is 2. The Morgan fingerprint density at radius 2 is 2.26 bits per heavy atom. The lowest BCUT2D eigenvalue weighted by Gasteiger charge is -2.37. The zero-order valence-corrected chi connectivity index (χ0v) is 21.1. The molecular weight excluding hydrogens is 491 g/mol. The summed E-state index contributed by atoms with van der Waals surface area (Å²) in [5, 5.41) is 22.8. The zero-order chi connectivity index (χ0) is 24.8. The van der Waals surface area contributed by atoms with E-state index in [4.69, 9.17) is 9.47 Å². The Labute approximate surface area is 211 Å². The van der Waals surface area contributed by atoms with Crippen molar-refractivity contribution >= 4 is 40.2 Å². The van der Waals surface area contributed by atoms with E-state index in [1.54, 1.807) is 41.3 Å². The summed E-state index contributed by atoms with van der Waals surface area (Å²) in [6.07, 6.45) is -0.167. The number of piperidine rings is 1. The molecule has 0 bridgehead atoms. The Balaban J connectivity index is 1.39. The molecule has 0 aliphatic carbocycles. The largest absolute Gasteiger partial charge is 0.506 e. The maximum absolute atomic E-state index is 14.7. The van der Waals surface area contributed by atoms with E-state index in [-0.39, 0.29) is 17.9 Å². The van der Waals surface area contributed by atoms with Gasteiger partial charge >= 0.3 is 6.16 Å². The molecule has 1 saturated heterocycles. The third kappa shape index (κ3) is 6.63. The number of rotatable bonds is 10. The molecule has 188 valence electrons. The van der Waals surface area contributed by atoms with Gasteiger partial charge in [-0.3, -0.25) is 9.88 Å². The summed E-state index contributed by atoms with van der Waals surface area (Å²) in [6.45, 7) is 2.18. The number of aliphatic hydroxyl groups is 1. The maximum Gasteiger partial charge on any atom is 0.506 e. The number of methoxy groups -OCH3 is 1. The maximum atomic E-state index is 14.7. The summed E-state index contributed by atoms with van der Waals surface area (Å²) in [4.78, 5) is 17.7. The number of thioether (sulfide) groups is 1. The molecule has 7 nitrogen and oxygen atoms in total. The molecule has 3 aromatic rings. The van der Waals surface area contributed by atoms with E-state index >= 15 is 0 Å². The minimum absolute atomic E-state index is 0.0485. The molecule has 10 heteroatoms. The molecule has 2 N–H and O–H groups in total. The second kappa shape index (κ2) is 12.0. The number of likely N-dealkylation sites (tertiary alicyclic amines) is 1. The number of halogens is 1. The summed E-state index contributed by atoms with van der Waals surface area (Å²) in [6, 6.07) is 9.26. The molecule has 1 aliphatic rings. The van der Waals surface area contributed by atoms with Crippen LogP contribution in [-0.2, 0) is 4.74 Å². The van der Waals surface area contributed by atoms with Crippen molar-refractivity contribution in [1.29, 1.82) is 0 Å². The number of aliphatic hydroxyl groups excluding tert-OH is 1. The van der Waals surface area contributed by atoms with Gasteiger partial charge in [0.2, 0.25) is 0 Å². The van der Waals surface area contributed by atoms with Crippen LogP contribution in [-0.4, -0.2) is 64.9 Å². The third-order valence-corrected chi connectivity index (χ3v) is 8.50. The van der Waals surface area contributed by atoms with E-state index < -0.39 is 24.2 Å². The number of thiophene rings is 1. The van der Waals surface area contributed by atoms with Crippen molar-refractivity contribution in [2.24, 2.45) is 5.92 Å². The number of hydrogen-bond donors (Lipinski definition) is 2. The molecule has 1 fully saturated rings. The number of benzene rings is 1. The Hall–Kier alpha value is -2.40. The van der Waals surface area contributed by atoms with E-state index in [2.05, 4.69) is 21.3 Å². The topological polar surface area (TPSA) is 92.1 Å². The molecule has 4 rings (SSSR count). The Bertz CT molecular complexity index is 1130. The zero-order valence-electron chi connectivity index (χ0n) is 19.4. The molecule has 35 heavy (non-hydrogen) atoms. The minimum Gasteiger partial charge on any atom is -0.497 e. The molecular formula is C25H29FN2O5S2.